The van der Waals surface area contributed by atoms with E-state index in [4.69, 9.17) is 17.3 Å². The van der Waals surface area contributed by atoms with E-state index >= 15 is 0 Å². The van der Waals surface area contributed by atoms with Gasteiger partial charge in [0.05, 0.1) is 16.6 Å². The topological polar surface area (TPSA) is 85.8 Å². The molecule has 6 nitrogen and oxygen atoms in total. The fraction of sp³-hybridized carbons (Fsp3) is 0.0714. The van der Waals surface area contributed by atoms with E-state index in [9.17, 15) is 9.18 Å². The second-order valence-electron chi connectivity index (χ2n) is 4.68. The van der Waals surface area contributed by atoms with Crippen molar-refractivity contribution in [2.45, 2.75) is 0 Å². The number of fused-ring (bicyclic) bond motifs is 1. The van der Waals surface area contributed by atoms with E-state index < -0.39 is 11.7 Å². The van der Waals surface area contributed by atoms with Crippen LogP contribution in [0.1, 0.15) is 10.4 Å². The van der Waals surface area contributed by atoms with Crippen LogP contribution in [0.3, 0.4) is 0 Å². The van der Waals surface area contributed by atoms with Gasteiger partial charge in [0.1, 0.15) is 17.3 Å². The molecule has 0 atom stereocenters. The molecule has 8 heteroatoms. The molecule has 1 aromatic carbocycles. The van der Waals surface area contributed by atoms with E-state index in [0.29, 0.717) is 22.5 Å². The lowest BCUT2D eigenvalue weighted by Crippen LogP contribution is -2.14. The summed E-state index contributed by atoms with van der Waals surface area (Å²) in [6, 6.07) is 5.51. The molecule has 0 saturated carbocycles. The number of carbonyl (C=O) groups is 1. The van der Waals surface area contributed by atoms with Crippen LogP contribution in [0.4, 0.5) is 15.9 Å². The molecule has 0 unspecified atom stereocenters. The number of benzene rings is 1. The summed E-state index contributed by atoms with van der Waals surface area (Å²) in [5, 5.41) is 3.73. The van der Waals surface area contributed by atoms with Gasteiger partial charge in [-0.2, -0.15) is 9.97 Å². The maximum Gasteiger partial charge on any atom is 0.250 e. The molecule has 2 heterocycles. The highest BCUT2D eigenvalue weighted by Gasteiger charge is 2.14. The fourth-order valence-corrected chi connectivity index (χ4v) is 2.33. The second-order valence-corrected chi connectivity index (χ2v) is 5.02. The first-order valence-corrected chi connectivity index (χ1v) is 6.68. The Kier molecular flexibility index (Phi) is 3.42. The average Bonchev–Trinajstić information content (AvgIpc) is 2.82. The number of anilines is 2. The van der Waals surface area contributed by atoms with Crippen molar-refractivity contribution in [2.24, 2.45) is 12.8 Å². The monoisotopic (exact) mass is 319 g/mol. The molecule has 0 aliphatic rings. The van der Waals surface area contributed by atoms with Crippen LogP contribution in [0.15, 0.2) is 30.5 Å². The first-order chi connectivity index (χ1) is 10.5. The van der Waals surface area contributed by atoms with E-state index in [1.165, 1.54) is 12.1 Å². The van der Waals surface area contributed by atoms with Crippen molar-refractivity contribution in [1.82, 2.24) is 14.5 Å². The zero-order valence-electron chi connectivity index (χ0n) is 11.5. The number of nitrogens with two attached hydrogens (primary N) is 1. The zero-order valence-corrected chi connectivity index (χ0v) is 12.2. The predicted octanol–water partition coefficient (Wildman–Crippen LogP) is 2.60. The molecule has 1 amide bonds. The molecule has 0 spiro atoms. The normalized spacial score (nSPS) is 10.9. The Bertz CT molecular complexity index is 892. The average molecular weight is 320 g/mol. The van der Waals surface area contributed by atoms with Crippen molar-refractivity contribution < 1.29 is 9.18 Å². The number of halogens is 2. The van der Waals surface area contributed by atoms with Gasteiger partial charge < -0.3 is 15.6 Å². The molecule has 22 heavy (non-hydrogen) atoms. The molecule has 3 aromatic rings. The Morgan fingerprint density at radius 2 is 2.14 bits per heavy atom. The Labute approximate surface area is 129 Å². The summed E-state index contributed by atoms with van der Waals surface area (Å²) in [5.74, 6) is -0.888. The minimum Gasteiger partial charge on any atom is -0.366 e. The van der Waals surface area contributed by atoms with Crippen LogP contribution in [-0.2, 0) is 7.05 Å². The van der Waals surface area contributed by atoms with Gasteiger partial charge in [-0.05, 0) is 35.9 Å². The number of rotatable bonds is 3. The van der Waals surface area contributed by atoms with Gasteiger partial charge in [0.25, 0.3) is 5.91 Å². The smallest absolute Gasteiger partial charge is 0.250 e. The molecule has 112 valence electrons. The third kappa shape index (κ3) is 2.46. The Balaban J connectivity index is 2.13. The second kappa shape index (κ2) is 5.27. The molecule has 0 radical (unpaired) electrons. The first kappa shape index (κ1) is 14.3. The Morgan fingerprint density at radius 1 is 1.36 bits per heavy atom. The lowest BCUT2D eigenvalue weighted by molar-refractivity contribution is 0.100. The highest BCUT2D eigenvalue weighted by Crippen LogP contribution is 2.27. The molecule has 3 N–H and O–H groups in total. The third-order valence-electron chi connectivity index (χ3n) is 3.20. The number of amides is 1. The van der Waals surface area contributed by atoms with Crippen LogP contribution in [0, 0.1) is 5.82 Å². The van der Waals surface area contributed by atoms with Crippen LogP contribution < -0.4 is 11.1 Å². The maximum absolute atomic E-state index is 13.3. The highest BCUT2D eigenvalue weighted by atomic mass is 35.5. The minimum absolute atomic E-state index is 0.0267. The van der Waals surface area contributed by atoms with E-state index in [0.717, 1.165) is 6.07 Å². The van der Waals surface area contributed by atoms with Gasteiger partial charge in [0.2, 0.25) is 5.28 Å². The van der Waals surface area contributed by atoms with E-state index in [-0.39, 0.29) is 10.8 Å². The van der Waals surface area contributed by atoms with E-state index in [2.05, 4.69) is 15.3 Å². The van der Waals surface area contributed by atoms with Crippen molar-refractivity contribution in [3.63, 3.8) is 0 Å². The van der Waals surface area contributed by atoms with Crippen molar-refractivity contribution in [3.8, 4) is 0 Å². The van der Waals surface area contributed by atoms with Crippen molar-refractivity contribution in [2.75, 3.05) is 5.32 Å². The summed E-state index contributed by atoms with van der Waals surface area (Å²) in [6.45, 7) is 0. The number of nitrogens with zero attached hydrogens (tertiary/aromatic N) is 3. The summed E-state index contributed by atoms with van der Waals surface area (Å²) in [7, 11) is 1.82. The van der Waals surface area contributed by atoms with Gasteiger partial charge in [0.15, 0.2) is 0 Å². The summed E-state index contributed by atoms with van der Waals surface area (Å²) in [6.07, 6.45) is 1.81. The van der Waals surface area contributed by atoms with Crippen LogP contribution >= 0.6 is 11.6 Å². The van der Waals surface area contributed by atoms with E-state index in [1.54, 1.807) is 10.8 Å². The summed E-state index contributed by atoms with van der Waals surface area (Å²) in [5.41, 5.74) is 6.27. The predicted molar refractivity (Wildman–Crippen MR) is 81.7 cm³/mol. The van der Waals surface area contributed by atoms with Crippen molar-refractivity contribution >= 4 is 40.0 Å². The molecule has 2 aromatic heterocycles. The molecule has 3 rings (SSSR count). The van der Waals surface area contributed by atoms with Crippen LogP contribution in [0.25, 0.3) is 11.0 Å². The Morgan fingerprint density at radius 3 is 2.86 bits per heavy atom. The molecular formula is C14H11ClFN5O. The van der Waals surface area contributed by atoms with Gasteiger partial charge >= 0.3 is 0 Å². The summed E-state index contributed by atoms with van der Waals surface area (Å²) >= 11 is 5.92. The number of hydrogen-bond acceptors (Lipinski definition) is 4. The lowest BCUT2D eigenvalue weighted by atomic mass is 10.1. The summed E-state index contributed by atoms with van der Waals surface area (Å²) in [4.78, 5) is 19.7. The number of aryl methyl sites for hydroxylation is 1. The molecule has 0 fully saturated rings. The van der Waals surface area contributed by atoms with Gasteiger partial charge in [-0.1, -0.05) is 0 Å². The van der Waals surface area contributed by atoms with Gasteiger partial charge in [0, 0.05) is 13.2 Å². The Hall–Kier alpha value is -2.67. The van der Waals surface area contributed by atoms with Crippen LogP contribution in [0.5, 0.6) is 0 Å². The van der Waals surface area contributed by atoms with E-state index in [1.807, 2.05) is 13.1 Å². The van der Waals surface area contributed by atoms with Crippen molar-refractivity contribution in [1.29, 1.82) is 0 Å². The van der Waals surface area contributed by atoms with Gasteiger partial charge in [-0.25, -0.2) is 4.39 Å². The minimum atomic E-state index is -0.744. The van der Waals surface area contributed by atoms with Crippen molar-refractivity contribution in [3.05, 3.63) is 47.1 Å². The summed E-state index contributed by atoms with van der Waals surface area (Å²) < 4.78 is 15.1. The molecule has 0 aliphatic heterocycles. The third-order valence-corrected chi connectivity index (χ3v) is 3.37. The van der Waals surface area contributed by atoms with Crippen LogP contribution in [0.2, 0.25) is 5.28 Å². The first-order valence-electron chi connectivity index (χ1n) is 6.30. The maximum atomic E-state index is 13.3. The zero-order chi connectivity index (χ0) is 15.9. The number of nitrogens with one attached hydrogen (secondary N) is 1. The standard InChI is InChI=1S/C14H11ClFN5O/c1-21-5-4-8-12(19-14(15)20-13(8)21)18-10-3-2-7(16)6-9(10)11(17)22/h2-6H,1H3,(H2,17,22)(H,18,19,20). The largest absolute Gasteiger partial charge is 0.366 e. The quantitative estimate of drug-likeness (QED) is 0.727. The lowest BCUT2D eigenvalue weighted by Gasteiger charge is -2.11. The number of hydrogen-bond donors (Lipinski definition) is 2. The highest BCUT2D eigenvalue weighted by molar-refractivity contribution is 6.28. The number of aromatic nitrogens is 3. The number of carbonyl (C=O) groups excluding carboxylic acids is 1. The van der Waals surface area contributed by atoms with Gasteiger partial charge in [-0.3, -0.25) is 4.79 Å². The molecule has 0 saturated heterocycles. The molecule has 0 bridgehead atoms. The fourth-order valence-electron chi connectivity index (χ4n) is 2.16. The molecule has 0 aliphatic carbocycles. The SMILES string of the molecule is Cn1ccc2c(Nc3ccc(F)cc3C(N)=O)nc(Cl)nc21. The molecular weight excluding hydrogens is 309 g/mol. The van der Waals surface area contributed by atoms with Gasteiger partial charge in [-0.15, -0.1) is 0 Å². The van der Waals surface area contributed by atoms with Crippen LogP contribution in [-0.4, -0.2) is 20.4 Å². The number of primary amides is 1.